The molecule has 0 radical (unpaired) electrons. The van der Waals surface area contributed by atoms with Crippen LogP contribution in [0, 0.1) is 5.82 Å². The van der Waals surface area contributed by atoms with Gasteiger partial charge in [0.1, 0.15) is 0 Å². The molecule has 1 N–H and O–H groups in total. The molecule has 0 bridgehead atoms. The lowest BCUT2D eigenvalue weighted by Crippen LogP contribution is -2.14. The fourth-order valence-electron chi connectivity index (χ4n) is 2.17. The molecule has 1 aromatic heterocycles. The fraction of sp³-hybridized carbons (Fsp3) is 0.471. The van der Waals surface area contributed by atoms with Crippen LogP contribution in [-0.4, -0.2) is 18.6 Å². The van der Waals surface area contributed by atoms with Gasteiger partial charge in [0.2, 0.25) is 0 Å². The Morgan fingerprint density at radius 3 is 2.52 bits per heavy atom. The van der Waals surface area contributed by atoms with Gasteiger partial charge in [0.15, 0.2) is 11.6 Å². The molecule has 0 atom stereocenters. The normalized spacial score (nSPS) is 11.7. The number of fused-ring (bicyclic) bond motifs is 1. The summed E-state index contributed by atoms with van der Waals surface area (Å²) < 4.78 is 19.0. The van der Waals surface area contributed by atoms with Gasteiger partial charge in [-0.05, 0) is 18.6 Å². The number of hydrogen-bond donors (Lipinski definition) is 1. The highest BCUT2D eigenvalue weighted by Crippen LogP contribution is 2.32. The van der Waals surface area contributed by atoms with Crippen molar-refractivity contribution < 1.29 is 9.13 Å². The van der Waals surface area contributed by atoms with Crippen LogP contribution in [0.25, 0.3) is 10.9 Å². The first kappa shape index (κ1) is 15.5. The molecule has 0 aliphatic rings. The Morgan fingerprint density at radius 2 is 1.95 bits per heavy atom. The number of ether oxygens (including phenoxy) is 1. The van der Waals surface area contributed by atoms with Crippen molar-refractivity contribution in [3.05, 3.63) is 29.7 Å². The van der Waals surface area contributed by atoms with E-state index in [0.717, 1.165) is 29.7 Å². The second-order valence-electron chi connectivity index (χ2n) is 6.24. The second kappa shape index (κ2) is 5.88. The zero-order valence-electron chi connectivity index (χ0n) is 13.4. The smallest absolute Gasteiger partial charge is 0.167 e. The quantitative estimate of drug-likeness (QED) is 0.900. The third kappa shape index (κ3) is 3.26. The minimum absolute atomic E-state index is 0.0900. The first-order chi connectivity index (χ1) is 9.86. The molecule has 0 amide bonds. The molecule has 114 valence electrons. The number of hydrogen-bond acceptors (Lipinski definition) is 3. The van der Waals surface area contributed by atoms with Crippen molar-refractivity contribution in [1.29, 1.82) is 0 Å². The third-order valence-corrected chi connectivity index (χ3v) is 3.42. The number of methoxy groups -OCH3 is 1. The summed E-state index contributed by atoms with van der Waals surface area (Å²) in [4.78, 5) is 4.62. The largest absolute Gasteiger partial charge is 0.494 e. The molecule has 0 unspecified atom stereocenters. The van der Waals surface area contributed by atoms with Gasteiger partial charge in [0, 0.05) is 34.8 Å². The van der Waals surface area contributed by atoms with Crippen LogP contribution in [0.4, 0.5) is 10.1 Å². The van der Waals surface area contributed by atoms with E-state index in [4.69, 9.17) is 4.74 Å². The lowest BCUT2D eigenvalue weighted by Gasteiger charge is -2.21. The number of pyridine rings is 1. The molecule has 1 heterocycles. The minimum atomic E-state index is -0.384. The summed E-state index contributed by atoms with van der Waals surface area (Å²) in [5.74, 6) is -0.141. The van der Waals surface area contributed by atoms with Gasteiger partial charge in [-0.2, -0.15) is 0 Å². The zero-order chi connectivity index (χ0) is 15.6. The van der Waals surface area contributed by atoms with E-state index in [2.05, 4.69) is 44.1 Å². The number of anilines is 1. The van der Waals surface area contributed by atoms with Gasteiger partial charge in [-0.3, -0.25) is 4.98 Å². The molecule has 1 aromatic carbocycles. The predicted octanol–water partition coefficient (Wildman–Crippen LogP) is 4.50. The van der Waals surface area contributed by atoms with Crippen LogP contribution in [0.1, 0.15) is 39.8 Å². The van der Waals surface area contributed by atoms with Gasteiger partial charge in [0.05, 0.1) is 12.6 Å². The lowest BCUT2D eigenvalue weighted by molar-refractivity contribution is 0.387. The number of halogens is 1. The van der Waals surface area contributed by atoms with Crippen molar-refractivity contribution in [2.45, 2.75) is 39.5 Å². The minimum Gasteiger partial charge on any atom is -0.494 e. The molecule has 0 aliphatic heterocycles. The standard InChI is InChI=1S/C17H23FN2O/c1-6-7-19-13-10-16(17(2,3)4)20-14-9-12(18)15(21-5)8-11(13)14/h8-10H,6-7H2,1-5H3,(H,19,20). The van der Waals surface area contributed by atoms with Crippen LogP contribution >= 0.6 is 0 Å². The molecule has 0 saturated carbocycles. The number of nitrogens with zero attached hydrogens (tertiary/aromatic N) is 1. The van der Waals surface area contributed by atoms with E-state index in [1.165, 1.54) is 13.2 Å². The van der Waals surface area contributed by atoms with Gasteiger partial charge < -0.3 is 10.1 Å². The summed E-state index contributed by atoms with van der Waals surface area (Å²) in [6.45, 7) is 9.28. The average Bonchev–Trinajstić information content (AvgIpc) is 2.42. The zero-order valence-corrected chi connectivity index (χ0v) is 13.4. The van der Waals surface area contributed by atoms with Crippen LogP contribution in [0.2, 0.25) is 0 Å². The van der Waals surface area contributed by atoms with E-state index in [1.807, 2.05) is 0 Å². The van der Waals surface area contributed by atoms with Crippen molar-refractivity contribution in [2.75, 3.05) is 19.0 Å². The molecule has 0 saturated heterocycles. The molecule has 0 spiro atoms. The van der Waals surface area contributed by atoms with Crippen molar-refractivity contribution in [2.24, 2.45) is 0 Å². The van der Waals surface area contributed by atoms with Crippen molar-refractivity contribution in [3.63, 3.8) is 0 Å². The van der Waals surface area contributed by atoms with E-state index in [0.29, 0.717) is 5.52 Å². The molecule has 3 nitrogen and oxygen atoms in total. The maximum Gasteiger partial charge on any atom is 0.167 e. The van der Waals surface area contributed by atoms with Crippen molar-refractivity contribution in [3.8, 4) is 5.75 Å². The third-order valence-electron chi connectivity index (χ3n) is 3.42. The van der Waals surface area contributed by atoms with Crippen LogP contribution < -0.4 is 10.1 Å². The highest BCUT2D eigenvalue weighted by molar-refractivity contribution is 5.92. The topological polar surface area (TPSA) is 34.2 Å². The Balaban J connectivity index is 2.68. The summed E-state index contributed by atoms with van der Waals surface area (Å²) in [6.07, 6.45) is 1.02. The summed E-state index contributed by atoms with van der Waals surface area (Å²) in [5, 5.41) is 4.29. The van der Waals surface area contributed by atoms with Gasteiger partial charge in [-0.25, -0.2) is 4.39 Å². The summed E-state index contributed by atoms with van der Waals surface area (Å²) in [6, 6.07) is 5.21. The van der Waals surface area contributed by atoms with E-state index in [-0.39, 0.29) is 17.0 Å². The first-order valence-electron chi connectivity index (χ1n) is 7.29. The Morgan fingerprint density at radius 1 is 1.24 bits per heavy atom. The molecule has 0 fully saturated rings. The summed E-state index contributed by atoms with van der Waals surface area (Å²) in [5.41, 5.74) is 2.48. The van der Waals surface area contributed by atoms with Crippen molar-refractivity contribution in [1.82, 2.24) is 4.98 Å². The van der Waals surface area contributed by atoms with E-state index in [1.54, 1.807) is 6.07 Å². The monoisotopic (exact) mass is 290 g/mol. The highest BCUT2D eigenvalue weighted by atomic mass is 19.1. The molecule has 2 rings (SSSR count). The highest BCUT2D eigenvalue weighted by Gasteiger charge is 2.19. The number of rotatable bonds is 4. The summed E-state index contributed by atoms with van der Waals surface area (Å²) in [7, 11) is 1.47. The van der Waals surface area contributed by atoms with Crippen LogP contribution in [0.5, 0.6) is 5.75 Å². The second-order valence-corrected chi connectivity index (χ2v) is 6.24. The van der Waals surface area contributed by atoms with Crippen LogP contribution in [0.15, 0.2) is 18.2 Å². The van der Waals surface area contributed by atoms with Gasteiger partial charge in [0.25, 0.3) is 0 Å². The van der Waals surface area contributed by atoms with E-state index in [9.17, 15) is 4.39 Å². The van der Waals surface area contributed by atoms with Gasteiger partial charge >= 0.3 is 0 Å². The predicted molar refractivity (Wildman–Crippen MR) is 85.7 cm³/mol. The maximum atomic E-state index is 13.9. The Kier molecular flexibility index (Phi) is 4.35. The van der Waals surface area contributed by atoms with Crippen LogP contribution in [0.3, 0.4) is 0 Å². The molecular formula is C17H23FN2O. The molecule has 0 aliphatic carbocycles. The SMILES string of the molecule is CCCNc1cc(C(C)(C)C)nc2cc(F)c(OC)cc12. The number of nitrogens with one attached hydrogen (secondary N) is 1. The number of aromatic nitrogens is 1. The van der Waals surface area contributed by atoms with E-state index < -0.39 is 0 Å². The van der Waals surface area contributed by atoms with E-state index >= 15 is 0 Å². The van der Waals surface area contributed by atoms with Crippen LogP contribution in [-0.2, 0) is 5.41 Å². The van der Waals surface area contributed by atoms with Gasteiger partial charge in [-0.15, -0.1) is 0 Å². The molecule has 4 heteroatoms. The van der Waals surface area contributed by atoms with Crippen molar-refractivity contribution >= 4 is 16.6 Å². The Bertz CT molecular complexity index is 647. The Hall–Kier alpha value is -1.84. The molecular weight excluding hydrogens is 267 g/mol. The first-order valence-corrected chi connectivity index (χ1v) is 7.29. The summed E-state index contributed by atoms with van der Waals surface area (Å²) >= 11 is 0. The molecule has 2 aromatic rings. The fourth-order valence-corrected chi connectivity index (χ4v) is 2.17. The number of benzene rings is 1. The average molecular weight is 290 g/mol. The van der Waals surface area contributed by atoms with Gasteiger partial charge in [-0.1, -0.05) is 27.7 Å². The Labute approximate surface area is 125 Å². The molecule has 21 heavy (non-hydrogen) atoms. The maximum absolute atomic E-state index is 13.9. The lowest BCUT2D eigenvalue weighted by atomic mass is 9.90.